The second-order valence-electron chi connectivity index (χ2n) is 4.66. The quantitative estimate of drug-likeness (QED) is 0.853. The number of hydrogen-bond donors (Lipinski definition) is 0. The van der Waals surface area contributed by atoms with E-state index in [1.54, 1.807) is 14.2 Å². The Balaban J connectivity index is 1.88. The Morgan fingerprint density at radius 1 is 1.10 bits per heavy atom. The van der Waals surface area contributed by atoms with Crippen LogP contribution in [0.5, 0.6) is 11.5 Å². The van der Waals surface area contributed by atoms with Crippen molar-refractivity contribution in [1.82, 2.24) is 10.1 Å². The summed E-state index contributed by atoms with van der Waals surface area (Å²) >= 11 is 0. The van der Waals surface area contributed by atoms with Gasteiger partial charge in [0.15, 0.2) is 11.5 Å². The maximum absolute atomic E-state index is 5.33. The van der Waals surface area contributed by atoms with Gasteiger partial charge < -0.3 is 18.9 Å². The number of hydrogen-bond acceptors (Lipinski definition) is 6. The SMILES string of the molecule is COc1ccc(-c2noc(N3CCCC3)n2)cc1OC. The minimum Gasteiger partial charge on any atom is -0.493 e. The van der Waals surface area contributed by atoms with Crippen LogP contribution >= 0.6 is 0 Å². The van der Waals surface area contributed by atoms with Crippen molar-refractivity contribution in [2.24, 2.45) is 0 Å². The van der Waals surface area contributed by atoms with Crippen molar-refractivity contribution in [1.29, 1.82) is 0 Å². The molecule has 0 bridgehead atoms. The Bertz CT molecular complexity index is 591. The predicted octanol–water partition coefficient (Wildman–Crippen LogP) is 2.35. The third-order valence-corrected chi connectivity index (χ3v) is 3.43. The van der Waals surface area contributed by atoms with E-state index in [4.69, 9.17) is 14.0 Å². The lowest BCUT2D eigenvalue weighted by Crippen LogP contribution is -2.17. The number of anilines is 1. The molecular formula is C14H17N3O3. The minimum absolute atomic E-state index is 0.563. The minimum atomic E-state index is 0.563. The van der Waals surface area contributed by atoms with E-state index in [0.29, 0.717) is 23.3 Å². The van der Waals surface area contributed by atoms with Crippen molar-refractivity contribution in [3.63, 3.8) is 0 Å². The summed E-state index contributed by atoms with van der Waals surface area (Å²) in [7, 11) is 3.21. The van der Waals surface area contributed by atoms with E-state index in [2.05, 4.69) is 15.0 Å². The highest BCUT2D eigenvalue weighted by molar-refractivity contribution is 5.61. The van der Waals surface area contributed by atoms with Crippen LogP contribution in [0.25, 0.3) is 11.4 Å². The van der Waals surface area contributed by atoms with E-state index < -0.39 is 0 Å². The van der Waals surface area contributed by atoms with Crippen LogP contribution in [0, 0.1) is 0 Å². The average molecular weight is 275 g/mol. The normalized spacial score (nSPS) is 14.6. The van der Waals surface area contributed by atoms with Crippen molar-refractivity contribution < 1.29 is 14.0 Å². The molecule has 3 rings (SSSR count). The Hall–Kier alpha value is -2.24. The average Bonchev–Trinajstić information content (AvgIpc) is 3.16. The first-order valence-corrected chi connectivity index (χ1v) is 6.63. The number of benzene rings is 1. The first-order valence-electron chi connectivity index (χ1n) is 6.63. The zero-order valence-corrected chi connectivity index (χ0v) is 11.6. The molecule has 1 aliphatic heterocycles. The van der Waals surface area contributed by atoms with Crippen molar-refractivity contribution in [2.75, 3.05) is 32.2 Å². The molecule has 1 fully saturated rings. The Labute approximate surface area is 117 Å². The highest BCUT2D eigenvalue weighted by atomic mass is 16.5. The van der Waals surface area contributed by atoms with Crippen molar-refractivity contribution in [3.8, 4) is 22.9 Å². The zero-order valence-electron chi connectivity index (χ0n) is 11.6. The topological polar surface area (TPSA) is 60.6 Å². The van der Waals surface area contributed by atoms with E-state index in [1.165, 1.54) is 12.8 Å². The molecule has 0 aliphatic carbocycles. The van der Waals surface area contributed by atoms with Gasteiger partial charge in [-0.2, -0.15) is 4.98 Å². The van der Waals surface area contributed by atoms with Gasteiger partial charge in [0.05, 0.1) is 14.2 Å². The van der Waals surface area contributed by atoms with Gasteiger partial charge in [0.2, 0.25) is 5.82 Å². The summed E-state index contributed by atoms with van der Waals surface area (Å²) in [6, 6.07) is 6.16. The summed E-state index contributed by atoms with van der Waals surface area (Å²) in [5.41, 5.74) is 0.844. The summed E-state index contributed by atoms with van der Waals surface area (Å²) in [5.74, 6) is 1.89. The third kappa shape index (κ3) is 2.29. The van der Waals surface area contributed by atoms with Crippen LogP contribution in [-0.2, 0) is 0 Å². The van der Waals surface area contributed by atoms with E-state index in [-0.39, 0.29) is 0 Å². The molecule has 1 aromatic heterocycles. The fourth-order valence-electron chi connectivity index (χ4n) is 2.34. The van der Waals surface area contributed by atoms with Crippen molar-refractivity contribution >= 4 is 6.01 Å². The molecule has 0 amide bonds. The summed E-state index contributed by atoms with van der Waals surface area (Å²) < 4.78 is 15.8. The van der Waals surface area contributed by atoms with Crippen molar-refractivity contribution in [3.05, 3.63) is 18.2 Å². The van der Waals surface area contributed by atoms with E-state index >= 15 is 0 Å². The van der Waals surface area contributed by atoms with Crippen LogP contribution in [0.3, 0.4) is 0 Å². The molecule has 6 heteroatoms. The van der Waals surface area contributed by atoms with Gasteiger partial charge in [-0.1, -0.05) is 5.16 Å². The molecule has 1 aliphatic rings. The Morgan fingerprint density at radius 2 is 1.85 bits per heavy atom. The molecule has 0 radical (unpaired) electrons. The van der Waals surface area contributed by atoms with Crippen molar-refractivity contribution in [2.45, 2.75) is 12.8 Å². The van der Waals surface area contributed by atoms with Crippen LogP contribution in [0.4, 0.5) is 6.01 Å². The van der Waals surface area contributed by atoms with Crippen LogP contribution < -0.4 is 14.4 Å². The molecule has 106 valence electrons. The molecule has 1 aromatic carbocycles. The number of methoxy groups -OCH3 is 2. The fourth-order valence-corrected chi connectivity index (χ4v) is 2.34. The second-order valence-corrected chi connectivity index (χ2v) is 4.66. The summed E-state index contributed by atoms with van der Waals surface area (Å²) in [5, 5.41) is 4.04. The number of rotatable bonds is 4. The molecule has 2 heterocycles. The van der Waals surface area contributed by atoms with Crippen LogP contribution in [0.1, 0.15) is 12.8 Å². The van der Waals surface area contributed by atoms with Gasteiger partial charge >= 0.3 is 6.01 Å². The van der Waals surface area contributed by atoms with E-state index in [1.807, 2.05) is 18.2 Å². The molecule has 1 saturated heterocycles. The maximum Gasteiger partial charge on any atom is 0.324 e. The molecule has 20 heavy (non-hydrogen) atoms. The Morgan fingerprint density at radius 3 is 2.55 bits per heavy atom. The number of aromatic nitrogens is 2. The van der Waals surface area contributed by atoms with Crippen LogP contribution in [-0.4, -0.2) is 37.4 Å². The monoisotopic (exact) mass is 275 g/mol. The first kappa shape index (κ1) is 12.8. The standard InChI is InChI=1S/C14H17N3O3/c1-18-11-6-5-10(9-12(11)19-2)13-15-14(20-16-13)17-7-3-4-8-17/h5-6,9H,3-4,7-8H2,1-2H3. The van der Waals surface area contributed by atoms with Gasteiger partial charge in [-0.15, -0.1) is 0 Å². The lowest BCUT2D eigenvalue weighted by molar-refractivity contribution is 0.355. The van der Waals surface area contributed by atoms with E-state index in [9.17, 15) is 0 Å². The fraction of sp³-hybridized carbons (Fsp3) is 0.429. The predicted molar refractivity (Wildman–Crippen MR) is 74.3 cm³/mol. The van der Waals surface area contributed by atoms with Gasteiger partial charge in [0.25, 0.3) is 0 Å². The van der Waals surface area contributed by atoms with Gasteiger partial charge in [-0.25, -0.2) is 0 Å². The Kier molecular flexibility index (Phi) is 3.45. The summed E-state index contributed by atoms with van der Waals surface area (Å²) in [4.78, 5) is 6.55. The molecular weight excluding hydrogens is 258 g/mol. The highest BCUT2D eigenvalue weighted by Crippen LogP contribution is 2.32. The zero-order chi connectivity index (χ0) is 13.9. The lowest BCUT2D eigenvalue weighted by Gasteiger charge is -2.09. The van der Waals surface area contributed by atoms with Crippen LogP contribution in [0.2, 0.25) is 0 Å². The summed E-state index contributed by atoms with van der Waals surface area (Å²) in [6.07, 6.45) is 2.35. The molecule has 0 saturated carbocycles. The van der Waals surface area contributed by atoms with E-state index in [0.717, 1.165) is 18.7 Å². The van der Waals surface area contributed by atoms with Crippen LogP contribution in [0.15, 0.2) is 22.7 Å². The molecule has 2 aromatic rings. The molecule has 0 N–H and O–H groups in total. The van der Waals surface area contributed by atoms with Gasteiger partial charge in [0, 0.05) is 18.7 Å². The highest BCUT2D eigenvalue weighted by Gasteiger charge is 2.19. The first-order chi connectivity index (χ1) is 9.81. The number of nitrogens with zero attached hydrogens (tertiary/aromatic N) is 3. The molecule has 0 atom stereocenters. The smallest absolute Gasteiger partial charge is 0.324 e. The van der Waals surface area contributed by atoms with Gasteiger partial charge in [-0.05, 0) is 31.0 Å². The largest absolute Gasteiger partial charge is 0.493 e. The third-order valence-electron chi connectivity index (χ3n) is 3.43. The molecule has 0 spiro atoms. The number of ether oxygens (including phenoxy) is 2. The molecule has 0 unspecified atom stereocenters. The van der Waals surface area contributed by atoms with Gasteiger partial charge in [0.1, 0.15) is 0 Å². The molecule has 6 nitrogen and oxygen atoms in total. The summed E-state index contributed by atoms with van der Waals surface area (Å²) in [6.45, 7) is 1.96. The second kappa shape index (κ2) is 5.40. The van der Waals surface area contributed by atoms with Gasteiger partial charge in [-0.3, -0.25) is 0 Å². The maximum atomic E-state index is 5.33. The lowest BCUT2D eigenvalue weighted by atomic mass is 10.2.